The van der Waals surface area contributed by atoms with E-state index < -0.39 is 0 Å². The Kier molecular flexibility index (Phi) is 5.84. The van der Waals surface area contributed by atoms with E-state index >= 15 is 0 Å². The summed E-state index contributed by atoms with van der Waals surface area (Å²) in [4.78, 5) is 14.5. The summed E-state index contributed by atoms with van der Waals surface area (Å²) in [6.45, 7) is 2.86. The molecular weight excluding hydrogens is 362 g/mol. The Morgan fingerprint density at radius 1 is 1.30 bits per heavy atom. The molecule has 2 aromatic rings. The average Bonchev–Trinajstić information content (AvgIpc) is 3.39. The van der Waals surface area contributed by atoms with Crippen molar-refractivity contribution in [3.8, 4) is 0 Å². The van der Waals surface area contributed by atoms with Crippen molar-refractivity contribution in [2.24, 2.45) is 0 Å². The standard InChI is InChI=1S/C19H23N5O2S/c25-18(23-10-8-16(9-11-23)15-5-2-1-3-6-15)14-27-19-20-21-22-24(19)13-17-7-4-12-26-17/h1-3,5-6,8,17H,4,7,9-14H2/t17-/m0/s1. The minimum Gasteiger partial charge on any atom is -0.376 e. The van der Waals surface area contributed by atoms with Gasteiger partial charge in [-0.25, -0.2) is 4.68 Å². The van der Waals surface area contributed by atoms with Crippen molar-refractivity contribution in [2.75, 3.05) is 25.4 Å². The van der Waals surface area contributed by atoms with E-state index in [1.165, 1.54) is 22.9 Å². The summed E-state index contributed by atoms with van der Waals surface area (Å²) in [6, 6.07) is 10.3. The van der Waals surface area contributed by atoms with Crippen LogP contribution in [0.3, 0.4) is 0 Å². The Hall–Kier alpha value is -2.19. The van der Waals surface area contributed by atoms with Crippen LogP contribution in [0, 0.1) is 0 Å². The molecule has 0 unspecified atom stereocenters. The van der Waals surface area contributed by atoms with Crippen molar-refractivity contribution >= 4 is 23.2 Å². The van der Waals surface area contributed by atoms with Crippen LogP contribution in [-0.2, 0) is 16.1 Å². The lowest BCUT2D eigenvalue weighted by Gasteiger charge is -2.26. The monoisotopic (exact) mass is 385 g/mol. The van der Waals surface area contributed by atoms with Crippen LogP contribution < -0.4 is 0 Å². The van der Waals surface area contributed by atoms with Gasteiger partial charge in [0.15, 0.2) is 0 Å². The van der Waals surface area contributed by atoms with E-state index in [2.05, 4.69) is 33.7 Å². The maximum absolute atomic E-state index is 12.6. The molecule has 0 saturated carbocycles. The number of aromatic nitrogens is 4. The number of tetrazole rings is 1. The van der Waals surface area contributed by atoms with Gasteiger partial charge in [0.2, 0.25) is 11.1 Å². The fourth-order valence-electron chi connectivity index (χ4n) is 3.42. The number of hydrogen-bond donors (Lipinski definition) is 0. The fraction of sp³-hybridized carbons (Fsp3) is 0.474. The molecule has 1 aromatic heterocycles. The molecule has 1 atom stereocenters. The van der Waals surface area contributed by atoms with Gasteiger partial charge >= 0.3 is 0 Å². The highest BCUT2D eigenvalue weighted by molar-refractivity contribution is 7.99. The second-order valence-electron chi connectivity index (χ2n) is 6.75. The van der Waals surface area contributed by atoms with Crippen LogP contribution in [0.15, 0.2) is 41.6 Å². The highest BCUT2D eigenvalue weighted by atomic mass is 32.2. The lowest BCUT2D eigenvalue weighted by atomic mass is 10.00. The molecule has 4 rings (SSSR count). The number of hydrogen-bond acceptors (Lipinski definition) is 6. The quantitative estimate of drug-likeness (QED) is 0.710. The van der Waals surface area contributed by atoms with Crippen molar-refractivity contribution in [3.05, 3.63) is 42.0 Å². The summed E-state index contributed by atoms with van der Waals surface area (Å²) in [7, 11) is 0. The van der Waals surface area contributed by atoms with Gasteiger partial charge in [-0.2, -0.15) is 0 Å². The van der Waals surface area contributed by atoms with Crippen molar-refractivity contribution in [2.45, 2.75) is 37.1 Å². The summed E-state index contributed by atoms with van der Waals surface area (Å²) in [5.41, 5.74) is 2.56. The van der Waals surface area contributed by atoms with E-state index in [0.717, 1.165) is 32.4 Å². The normalized spacial score (nSPS) is 19.9. The van der Waals surface area contributed by atoms with E-state index in [1.807, 2.05) is 23.1 Å². The predicted molar refractivity (Wildman–Crippen MR) is 103 cm³/mol. The van der Waals surface area contributed by atoms with E-state index in [1.54, 1.807) is 4.68 Å². The molecule has 27 heavy (non-hydrogen) atoms. The number of benzene rings is 1. The van der Waals surface area contributed by atoms with Gasteiger partial charge in [0.1, 0.15) is 0 Å². The van der Waals surface area contributed by atoms with Crippen molar-refractivity contribution in [1.29, 1.82) is 0 Å². The average molecular weight is 385 g/mol. The van der Waals surface area contributed by atoms with Gasteiger partial charge in [0.25, 0.3) is 0 Å². The number of amides is 1. The van der Waals surface area contributed by atoms with Gasteiger partial charge in [0, 0.05) is 19.7 Å². The third-order valence-electron chi connectivity index (χ3n) is 4.93. The second kappa shape index (κ2) is 8.67. The largest absolute Gasteiger partial charge is 0.376 e. The van der Waals surface area contributed by atoms with E-state index in [-0.39, 0.29) is 12.0 Å². The van der Waals surface area contributed by atoms with Crippen LogP contribution in [0.25, 0.3) is 5.57 Å². The van der Waals surface area contributed by atoms with Crippen LogP contribution in [-0.4, -0.2) is 62.6 Å². The summed E-state index contributed by atoms with van der Waals surface area (Å²) in [5.74, 6) is 0.468. The summed E-state index contributed by atoms with van der Waals surface area (Å²) < 4.78 is 7.39. The first kappa shape index (κ1) is 18.2. The van der Waals surface area contributed by atoms with Crippen LogP contribution in [0.4, 0.5) is 0 Å². The van der Waals surface area contributed by atoms with Crippen LogP contribution in [0.5, 0.6) is 0 Å². The number of rotatable bonds is 6. The Morgan fingerprint density at radius 3 is 2.93 bits per heavy atom. The van der Waals surface area contributed by atoms with Crippen molar-refractivity contribution < 1.29 is 9.53 Å². The minimum atomic E-state index is 0.120. The third-order valence-corrected chi connectivity index (χ3v) is 5.87. The van der Waals surface area contributed by atoms with E-state index in [9.17, 15) is 4.79 Å². The molecule has 0 spiro atoms. The highest BCUT2D eigenvalue weighted by Crippen LogP contribution is 2.23. The molecule has 2 aliphatic rings. The molecule has 0 N–H and O–H groups in total. The molecule has 8 heteroatoms. The third kappa shape index (κ3) is 4.56. The molecule has 0 aliphatic carbocycles. The molecular formula is C19H23N5O2S. The number of ether oxygens (including phenoxy) is 1. The second-order valence-corrected chi connectivity index (χ2v) is 7.69. The Morgan fingerprint density at radius 2 is 2.19 bits per heavy atom. The Labute approximate surface area is 162 Å². The molecule has 1 saturated heterocycles. The van der Waals surface area contributed by atoms with E-state index in [4.69, 9.17) is 4.74 Å². The number of nitrogens with zero attached hydrogens (tertiary/aromatic N) is 5. The maximum atomic E-state index is 12.6. The first-order valence-electron chi connectivity index (χ1n) is 9.32. The first-order valence-corrected chi connectivity index (χ1v) is 10.3. The smallest absolute Gasteiger partial charge is 0.233 e. The summed E-state index contributed by atoms with van der Waals surface area (Å²) in [6.07, 6.45) is 5.33. The Bertz CT molecular complexity index is 801. The van der Waals surface area contributed by atoms with Gasteiger partial charge in [-0.1, -0.05) is 48.2 Å². The van der Waals surface area contributed by atoms with Crippen LogP contribution in [0.1, 0.15) is 24.8 Å². The molecule has 1 amide bonds. The fourth-order valence-corrected chi connectivity index (χ4v) is 4.21. The molecule has 0 radical (unpaired) electrons. The zero-order valence-electron chi connectivity index (χ0n) is 15.2. The Balaban J connectivity index is 1.29. The van der Waals surface area contributed by atoms with Crippen LogP contribution >= 0.6 is 11.8 Å². The van der Waals surface area contributed by atoms with Gasteiger partial charge in [-0.15, -0.1) is 5.10 Å². The SMILES string of the molecule is O=C(CSc1nnnn1C[C@@H]1CCCO1)N1CC=C(c2ccccc2)CC1. The number of carbonyl (C=O) groups is 1. The zero-order valence-corrected chi connectivity index (χ0v) is 16.0. The molecule has 1 aromatic carbocycles. The van der Waals surface area contributed by atoms with Crippen molar-refractivity contribution in [1.82, 2.24) is 25.1 Å². The molecule has 3 heterocycles. The van der Waals surface area contributed by atoms with Crippen molar-refractivity contribution in [3.63, 3.8) is 0 Å². The lowest BCUT2D eigenvalue weighted by molar-refractivity contribution is -0.127. The lowest BCUT2D eigenvalue weighted by Crippen LogP contribution is -2.36. The topological polar surface area (TPSA) is 73.1 Å². The first-order chi connectivity index (χ1) is 13.3. The molecule has 0 bridgehead atoms. The van der Waals surface area contributed by atoms with Gasteiger partial charge in [-0.05, 0) is 40.8 Å². The summed E-state index contributed by atoms with van der Waals surface area (Å²) in [5, 5.41) is 12.5. The number of carbonyl (C=O) groups excluding carboxylic acids is 1. The highest BCUT2D eigenvalue weighted by Gasteiger charge is 2.21. The van der Waals surface area contributed by atoms with E-state index in [0.29, 0.717) is 24.0 Å². The minimum absolute atomic E-state index is 0.120. The molecule has 142 valence electrons. The predicted octanol–water partition coefficient (Wildman–Crippen LogP) is 2.26. The molecule has 7 nitrogen and oxygen atoms in total. The van der Waals surface area contributed by atoms with Gasteiger partial charge < -0.3 is 9.64 Å². The zero-order chi connectivity index (χ0) is 18.5. The van der Waals surface area contributed by atoms with Gasteiger partial charge in [-0.3, -0.25) is 4.79 Å². The molecule has 1 fully saturated rings. The number of thioether (sulfide) groups is 1. The van der Waals surface area contributed by atoms with Gasteiger partial charge in [0.05, 0.1) is 18.4 Å². The maximum Gasteiger partial charge on any atom is 0.233 e. The summed E-state index contributed by atoms with van der Waals surface area (Å²) >= 11 is 1.40. The van der Waals surface area contributed by atoms with Crippen LogP contribution in [0.2, 0.25) is 0 Å². The molecule has 2 aliphatic heterocycles.